The van der Waals surface area contributed by atoms with Crippen LogP contribution in [0, 0.1) is 5.82 Å². The molecule has 0 fully saturated rings. The zero-order chi connectivity index (χ0) is 13.8. The Labute approximate surface area is 112 Å². The third kappa shape index (κ3) is 3.55. The number of halogens is 1. The Balaban J connectivity index is 2.06. The lowest BCUT2D eigenvalue weighted by Gasteiger charge is -2.21. The zero-order valence-electron chi connectivity index (χ0n) is 11.1. The molecular weight excluding hydrogens is 241 g/mol. The van der Waals surface area contributed by atoms with E-state index in [4.69, 9.17) is 0 Å². The number of hydrogen-bond donors (Lipinski definition) is 2. The predicted molar refractivity (Wildman–Crippen MR) is 74.5 cm³/mol. The van der Waals surface area contributed by atoms with E-state index < -0.39 is 0 Å². The monoisotopic (exact) mass is 259 g/mol. The molecule has 0 amide bonds. The van der Waals surface area contributed by atoms with Gasteiger partial charge in [-0.25, -0.2) is 4.39 Å². The molecule has 2 aromatic rings. The highest BCUT2D eigenvalue weighted by atomic mass is 19.1. The molecule has 2 unspecified atom stereocenters. The summed E-state index contributed by atoms with van der Waals surface area (Å²) >= 11 is 0. The maximum absolute atomic E-state index is 12.9. The molecule has 0 spiro atoms. The zero-order valence-corrected chi connectivity index (χ0v) is 11.1. The molecule has 2 atom stereocenters. The molecule has 0 aliphatic rings. The first-order valence-electron chi connectivity index (χ1n) is 6.36. The van der Waals surface area contributed by atoms with E-state index in [2.05, 4.69) is 5.32 Å². The van der Waals surface area contributed by atoms with Gasteiger partial charge in [-0.15, -0.1) is 0 Å². The molecule has 0 aromatic heterocycles. The van der Waals surface area contributed by atoms with Crippen molar-refractivity contribution >= 4 is 0 Å². The topological polar surface area (TPSA) is 32.3 Å². The van der Waals surface area contributed by atoms with Crippen LogP contribution in [0.1, 0.15) is 37.1 Å². The Morgan fingerprint density at radius 2 is 1.58 bits per heavy atom. The van der Waals surface area contributed by atoms with Crippen LogP contribution in [0.2, 0.25) is 0 Å². The lowest BCUT2D eigenvalue weighted by atomic mass is 10.0. The largest absolute Gasteiger partial charge is 0.508 e. The van der Waals surface area contributed by atoms with Crippen molar-refractivity contribution in [2.75, 3.05) is 0 Å². The summed E-state index contributed by atoms with van der Waals surface area (Å²) in [6.45, 7) is 4.07. The molecule has 0 bridgehead atoms. The second-order valence-corrected chi connectivity index (χ2v) is 4.76. The molecule has 2 nitrogen and oxygen atoms in total. The van der Waals surface area contributed by atoms with E-state index in [0.717, 1.165) is 11.1 Å². The molecule has 2 N–H and O–H groups in total. The van der Waals surface area contributed by atoms with Gasteiger partial charge >= 0.3 is 0 Å². The van der Waals surface area contributed by atoms with Crippen LogP contribution < -0.4 is 5.32 Å². The van der Waals surface area contributed by atoms with Crippen molar-refractivity contribution in [3.8, 4) is 5.75 Å². The van der Waals surface area contributed by atoms with Gasteiger partial charge in [-0.05, 0) is 49.2 Å². The Bertz CT molecular complexity index is 539. The summed E-state index contributed by atoms with van der Waals surface area (Å²) in [6.07, 6.45) is 0. The maximum Gasteiger partial charge on any atom is 0.123 e. The fourth-order valence-electron chi connectivity index (χ4n) is 2.11. The van der Waals surface area contributed by atoms with Crippen LogP contribution >= 0.6 is 0 Å². The lowest BCUT2D eigenvalue weighted by molar-refractivity contribution is 0.466. The molecule has 3 heteroatoms. The van der Waals surface area contributed by atoms with Gasteiger partial charge in [-0.1, -0.05) is 24.3 Å². The van der Waals surface area contributed by atoms with Crippen LogP contribution in [0.25, 0.3) is 0 Å². The van der Waals surface area contributed by atoms with E-state index in [1.54, 1.807) is 24.3 Å². The van der Waals surface area contributed by atoms with Crippen molar-refractivity contribution in [3.63, 3.8) is 0 Å². The number of aromatic hydroxyl groups is 1. The first-order valence-corrected chi connectivity index (χ1v) is 6.36. The summed E-state index contributed by atoms with van der Waals surface area (Å²) in [5, 5.41) is 12.9. The molecule has 0 aliphatic heterocycles. The number of nitrogens with one attached hydrogen (secondary N) is 1. The van der Waals surface area contributed by atoms with Gasteiger partial charge in [0.05, 0.1) is 0 Å². The molecule has 0 saturated carbocycles. The van der Waals surface area contributed by atoms with Crippen LogP contribution in [0.15, 0.2) is 48.5 Å². The summed E-state index contributed by atoms with van der Waals surface area (Å²) in [6, 6.07) is 13.9. The van der Waals surface area contributed by atoms with Crippen LogP contribution in [0.5, 0.6) is 5.75 Å². The smallest absolute Gasteiger partial charge is 0.123 e. The minimum absolute atomic E-state index is 0.104. The third-order valence-electron chi connectivity index (χ3n) is 3.24. The fourth-order valence-corrected chi connectivity index (χ4v) is 2.11. The van der Waals surface area contributed by atoms with E-state index >= 15 is 0 Å². The Morgan fingerprint density at radius 3 is 2.21 bits per heavy atom. The van der Waals surface area contributed by atoms with Gasteiger partial charge in [0.2, 0.25) is 0 Å². The van der Waals surface area contributed by atoms with Crippen molar-refractivity contribution in [1.29, 1.82) is 0 Å². The Kier molecular flexibility index (Phi) is 4.17. The van der Waals surface area contributed by atoms with Crippen molar-refractivity contribution in [2.45, 2.75) is 25.9 Å². The van der Waals surface area contributed by atoms with E-state index in [1.165, 1.54) is 12.1 Å². The first-order chi connectivity index (χ1) is 9.06. The second-order valence-electron chi connectivity index (χ2n) is 4.76. The van der Waals surface area contributed by atoms with Crippen LogP contribution in [-0.2, 0) is 0 Å². The number of benzene rings is 2. The molecule has 100 valence electrons. The summed E-state index contributed by atoms with van der Waals surface area (Å²) in [7, 11) is 0. The van der Waals surface area contributed by atoms with Crippen molar-refractivity contribution in [3.05, 3.63) is 65.5 Å². The molecule has 2 rings (SSSR count). The highest BCUT2D eigenvalue weighted by molar-refractivity contribution is 5.29. The van der Waals surface area contributed by atoms with Crippen LogP contribution in [0.3, 0.4) is 0 Å². The van der Waals surface area contributed by atoms with E-state index in [0.29, 0.717) is 0 Å². The van der Waals surface area contributed by atoms with Gasteiger partial charge in [-0.2, -0.15) is 0 Å². The fraction of sp³-hybridized carbons (Fsp3) is 0.250. The maximum atomic E-state index is 12.9. The first kappa shape index (κ1) is 13.6. The highest BCUT2D eigenvalue weighted by Crippen LogP contribution is 2.22. The van der Waals surface area contributed by atoms with E-state index in [9.17, 15) is 9.50 Å². The molecule has 19 heavy (non-hydrogen) atoms. The minimum Gasteiger partial charge on any atom is -0.508 e. The number of phenols is 1. The highest BCUT2D eigenvalue weighted by Gasteiger charge is 2.11. The lowest BCUT2D eigenvalue weighted by Crippen LogP contribution is -2.22. The Morgan fingerprint density at radius 1 is 0.947 bits per heavy atom. The molecule has 0 saturated heterocycles. The number of hydrogen-bond acceptors (Lipinski definition) is 2. The standard InChI is InChI=1S/C16H18FNO/c1-11(13-6-8-15(17)9-7-13)18-12(2)14-4-3-5-16(19)10-14/h3-12,18-19H,1-2H3. The van der Waals surface area contributed by atoms with E-state index in [1.807, 2.05) is 26.0 Å². The van der Waals surface area contributed by atoms with Gasteiger partial charge in [0.15, 0.2) is 0 Å². The summed E-state index contributed by atoms with van der Waals surface area (Å²) in [4.78, 5) is 0. The van der Waals surface area contributed by atoms with Gasteiger partial charge in [-0.3, -0.25) is 0 Å². The average molecular weight is 259 g/mol. The minimum atomic E-state index is -0.225. The summed E-state index contributed by atoms with van der Waals surface area (Å²) < 4.78 is 12.9. The number of phenolic OH excluding ortho intramolecular Hbond substituents is 1. The van der Waals surface area contributed by atoms with Crippen LogP contribution in [-0.4, -0.2) is 5.11 Å². The normalized spacial score (nSPS) is 14.1. The predicted octanol–water partition coefficient (Wildman–Crippen LogP) is 3.94. The van der Waals surface area contributed by atoms with Crippen molar-refractivity contribution in [2.24, 2.45) is 0 Å². The van der Waals surface area contributed by atoms with E-state index in [-0.39, 0.29) is 23.7 Å². The van der Waals surface area contributed by atoms with Crippen molar-refractivity contribution < 1.29 is 9.50 Å². The molecule has 0 heterocycles. The Hall–Kier alpha value is -1.87. The van der Waals surface area contributed by atoms with Gasteiger partial charge in [0.1, 0.15) is 11.6 Å². The molecule has 0 aliphatic carbocycles. The molecule has 2 aromatic carbocycles. The molecular formula is C16H18FNO. The average Bonchev–Trinajstić information content (AvgIpc) is 2.39. The molecule has 0 radical (unpaired) electrons. The quantitative estimate of drug-likeness (QED) is 0.871. The van der Waals surface area contributed by atoms with Crippen LogP contribution in [0.4, 0.5) is 4.39 Å². The van der Waals surface area contributed by atoms with Crippen molar-refractivity contribution in [1.82, 2.24) is 5.32 Å². The van der Waals surface area contributed by atoms with Gasteiger partial charge in [0, 0.05) is 12.1 Å². The third-order valence-corrected chi connectivity index (χ3v) is 3.24. The van der Waals surface area contributed by atoms with Gasteiger partial charge < -0.3 is 10.4 Å². The SMILES string of the molecule is CC(NC(C)c1cccc(O)c1)c1ccc(F)cc1. The second kappa shape index (κ2) is 5.85. The van der Waals surface area contributed by atoms with Gasteiger partial charge in [0.25, 0.3) is 0 Å². The summed E-state index contributed by atoms with van der Waals surface area (Å²) in [5.41, 5.74) is 2.06. The summed E-state index contributed by atoms with van der Waals surface area (Å²) in [5.74, 6) is 0.0394. The number of rotatable bonds is 4.